The lowest BCUT2D eigenvalue weighted by Crippen LogP contribution is -2.14. The van der Waals surface area contributed by atoms with Crippen LogP contribution in [0, 0.1) is 13.8 Å². The van der Waals surface area contributed by atoms with E-state index in [1.54, 1.807) is 18.9 Å². The lowest BCUT2D eigenvalue weighted by atomic mass is 10.0. The van der Waals surface area contributed by atoms with Crippen LogP contribution in [0.2, 0.25) is 0 Å². The van der Waals surface area contributed by atoms with Gasteiger partial charge in [0.2, 0.25) is 0 Å². The number of benzene rings is 2. The zero-order valence-corrected chi connectivity index (χ0v) is 13.0. The van der Waals surface area contributed by atoms with Crippen molar-refractivity contribution < 1.29 is 4.74 Å². The average molecular weight is 287 g/mol. The number of hydrogen-bond acceptors (Lipinski definition) is 3. The molecule has 0 bridgehead atoms. The van der Waals surface area contributed by atoms with E-state index in [1.165, 1.54) is 21.6 Å². The van der Waals surface area contributed by atoms with Crippen LogP contribution in [0.5, 0.6) is 5.75 Å². The van der Waals surface area contributed by atoms with Gasteiger partial charge in [0.05, 0.1) is 7.11 Å². The number of ether oxygens (including phenoxy) is 1. The molecule has 2 N–H and O–H groups in total. The molecule has 0 spiro atoms. The van der Waals surface area contributed by atoms with Gasteiger partial charge in [0.1, 0.15) is 5.75 Å². The summed E-state index contributed by atoms with van der Waals surface area (Å²) >= 11 is 1.77. The van der Waals surface area contributed by atoms with Gasteiger partial charge in [-0.1, -0.05) is 23.8 Å². The Kier molecular flexibility index (Phi) is 5.10. The number of aryl methyl sites for hydroxylation is 2. The van der Waals surface area contributed by atoms with E-state index in [1.807, 2.05) is 12.1 Å². The minimum absolute atomic E-state index is 0.0581. The minimum Gasteiger partial charge on any atom is -0.497 e. The third-order valence-corrected chi connectivity index (χ3v) is 4.45. The Morgan fingerprint density at radius 3 is 2.40 bits per heavy atom. The molecular formula is C17H21NOS. The van der Waals surface area contributed by atoms with Crippen molar-refractivity contribution in [3.05, 3.63) is 59.2 Å². The number of hydrogen-bond donors (Lipinski definition) is 1. The highest BCUT2D eigenvalue weighted by molar-refractivity contribution is 7.99. The van der Waals surface area contributed by atoms with Crippen molar-refractivity contribution in [2.24, 2.45) is 5.73 Å². The Labute approximate surface area is 125 Å². The van der Waals surface area contributed by atoms with Gasteiger partial charge in [-0.05, 0) is 49.2 Å². The largest absolute Gasteiger partial charge is 0.497 e. The number of nitrogens with two attached hydrogens (primary N) is 1. The second-order valence-electron chi connectivity index (χ2n) is 4.95. The van der Waals surface area contributed by atoms with Crippen molar-refractivity contribution in [3.63, 3.8) is 0 Å². The standard InChI is InChI=1S/C17H21NOS/c1-12-4-9-16(13(2)10-12)17(18)11-20-15-7-5-14(19-3)6-8-15/h4-10,17H,11,18H2,1-3H3. The molecule has 0 aliphatic heterocycles. The van der Waals surface area contributed by atoms with Crippen LogP contribution in [0.25, 0.3) is 0 Å². The number of methoxy groups -OCH3 is 1. The SMILES string of the molecule is COc1ccc(SCC(N)c2ccc(C)cc2C)cc1. The smallest absolute Gasteiger partial charge is 0.118 e. The third-order valence-electron chi connectivity index (χ3n) is 3.31. The molecule has 1 atom stereocenters. The van der Waals surface area contributed by atoms with Crippen LogP contribution >= 0.6 is 11.8 Å². The molecule has 2 rings (SSSR count). The van der Waals surface area contributed by atoms with Gasteiger partial charge < -0.3 is 10.5 Å². The van der Waals surface area contributed by atoms with E-state index in [4.69, 9.17) is 10.5 Å². The molecule has 106 valence electrons. The molecule has 0 saturated carbocycles. The van der Waals surface area contributed by atoms with Gasteiger partial charge in [-0.15, -0.1) is 11.8 Å². The van der Waals surface area contributed by atoms with Gasteiger partial charge in [0.25, 0.3) is 0 Å². The first-order chi connectivity index (χ1) is 9.60. The van der Waals surface area contributed by atoms with Gasteiger partial charge in [0.15, 0.2) is 0 Å². The topological polar surface area (TPSA) is 35.2 Å². The number of thioether (sulfide) groups is 1. The molecule has 2 aromatic rings. The molecule has 0 aromatic heterocycles. The summed E-state index contributed by atoms with van der Waals surface area (Å²) in [5, 5.41) is 0. The summed E-state index contributed by atoms with van der Waals surface area (Å²) in [6, 6.07) is 14.6. The Morgan fingerprint density at radius 2 is 1.80 bits per heavy atom. The second-order valence-corrected chi connectivity index (χ2v) is 6.05. The molecule has 0 fully saturated rings. The predicted molar refractivity (Wildman–Crippen MR) is 86.6 cm³/mol. The van der Waals surface area contributed by atoms with Crippen molar-refractivity contribution in [3.8, 4) is 5.75 Å². The molecule has 0 aliphatic rings. The Balaban J connectivity index is 1.98. The van der Waals surface area contributed by atoms with Gasteiger partial charge in [-0.2, -0.15) is 0 Å². The quantitative estimate of drug-likeness (QED) is 0.841. The van der Waals surface area contributed by atoms with Crippen molar-refractivity contribution in [2.75, 3.05) is 12.9 Å². The Bertz CT molecular complexity index is 566. The fourth-order valence-corrected chi connectivity index (χ4v) is 3.07. The van der Waals surface area contributed by atoms with Crippen LogP contribution in [0.15, 0.2) is 47.4 Å². The van der Waals surface area contributed by atoms with Crippen LogP contribution in [0.1, 0.15) is 22.7 Å². The fraction of sp³-hybridized carbons (Fsp3) is 0.294. The van der Waals surface area contributed by atoms with Crippen LogP contribution < -0.4 is 10.5 Å². The summed E-state index contributed by atoms with van der Waals surface area (Å²) in [4.78, 5) is 1.21. The maximum Gasteiger partial charge on any atom is 0.118 e. The third kappa shape index (κ3) is 3.78. The second kappa shape index (κ2) is 6.82. The molecule has 0 aliphatic carbocycles. The molecule has 0 heterocycles. The minimum atomic E-state index is 0.0581. The molecule has 20 heavy (non-hydrogen) atoms. The van der Waals surface area contributed by atoms with Gasteiger partial charge >= 0.3 is 0 Å². The zero-order valence-electron chi connectivity index (χ0n) is 12.2. The highest BCUT2D eigenvalue weighted by Crippen LogP contribution is 2.26. The van der Waals surface area contributed by atoms with Crippen molar-refractivity contribution in [2.45, 2.75) is 24.8 Å². The fourth-order valence-electron chi connectivity index (χ4n) is 2.19. The summed E-state index contributed by atoms with van der Waals surface area (Å²) in [6.45, 7) is 4.23. The first kappa shape index (κ1) is 14.9. The van der Waals surface area contributed by atoms with E-state index in [9.17, 15) is 0 Å². The molecule has 0 saturated heterocycles. The summed E-state index contributed by atoms with van der Waals surface area (Å²) in [6.07, 6.45) is 0. The molecule has 2 nitrogen and oxygen atoms in total. The maximum atomic E-state index is 6.30. The highest BCUT2D eigenvalue weighted by atomic mass is 32.2. The molecular weight excluding hydrogens is 266 g/mol. The van der Waals surface area contributed by atoms with Crippen LogP contribution in [-0.2, 0) is 0 Å². The predicted octanol–water partition coefficient (Wildman–Crippen LogP) is 4.10. The zero-order chi connectivity index (χ0) is 14.5. The molecule has 3 heteroatoms. The maximum absolute atomic E-state index is 6.30. The molecule has 2 aromatic carbocycles. The van der Waals surface area contributed by atoms with E-state index >= 15 is 0 Å². The van der Waals surface area contributed by atoms with Crippen molar-refractivity contribution in [1.82, 2.24) is 0 Å². The Morgan fingerprint density at radius 1 is 1.10 bits per heavy atom. The van der Waals surface area contributed by atoms with E-state index in [-0.39, 0.29) is 6.04 Å². The molecule has 0 radical (unpaired) electrons. The van der Waals surface area contributed by atoms with E-state index in [2.05, 4.69) is 44.2 Å². The van der Waals surface area contributed by atoms with E-state index in [0.717, 1.165) is 11.5 Å². The summed E-state index contributed by atoms with van der Waals surface area (Å²) in [7, 11) is 1.68. The molecule has 0 amide bonds. The summed E-state index contributed by atoms with van der Waals surface area (Å²) in [5.41, 5.74) is 10.1. The van der Waals surface area contributed by atoms with E-state index in [0.29, 0.717) is 0 Å². The van der Waals surface area contributed by atoms with Gasteiger partial charge in [-0.3, -0.25) is 0 Å². The lowest BCUT2D eigenvalue weighted by Gasteiger charge is -2.15. The Hall–Kier alpha value is -1.45. The average Bonchev–Trinajstić information content (AvgIpc) is 2.45. The van der Waals surface area contributed by atoms with Crippen molar-refractivity contribution >= 4 is 11.8 Å². The van der Waals surface area contributed by atoms with Crippen LogP contribution in [0.4, 0.5) is 0 Å². The van der Waals surface area contributed by atoms with Crippen LogP contribution in [0.3, 0.4) is 0 Å². The van der Waals surface area contributed by atoms with Crippen LogP contribution in [-0.4, -0.2) is 12.9 Å². The summed E-state index contributed by atoms with van der Waals surface area (Å²) in [5.74, 6) is 1.75. The van der Waals surface area contributed by atoms with Crippen molar-refractivity contribution in [1.29, 1.82) is 0 Å². The molecule has 1 unspecified atom stereocenters. The first-order valence-corrected chi connectivity index (χ1v) is 7.68. The van der Waals surface area contributed by atoms with E-state index < -0.39 is 0 Å². The number of rotatable bonds is 5. The highest BCUT2D eigenvalue weighted by Gasteiger charge is 2.09. The summed E-state index contributed by atoms with van der Waals surface area (Å²) < 4.78 is 5.16. The first-order valence-electron chi connectivity index (χ1n) is 6.69. The van der Waals surface area contributed by atoms with Gasteiger partial charge in [0, 0.05) is 16.7 Å². The normalized spacial score (nSPS) is 12.2. The van der Waals surface area contributed by atoms with Gasteiger partial charge in [-0.25, -0.2) is 0 Å². The lowest BCUT2D eigenvalue weighted by molar-refractivity contribution is 0.414. The monoisotopic (exact) mass is 287 g/mol.